The summed E-state index contributed by atoms with van der Waals surface area (Å²) >= 11 is 1.43. The van der Waals surface area contributed by atoms with Gasteiger partial charge in [0.2, 0.25) is 0 Å². The Balaban J connectivity index is 1.65. The molecule has 0 fully saturated rings. The largest absolute Gasteiger partial charge is 0.294 e. The Kier molecular flexibility index (Phi) is 4.02. The highest BCUT2D eigenvalue weighted by Crippen LogP contribution is 2.30. The van der Waals surface area contributed by atoms with Gasteiger partial charge in [-0.3, -0.25) is 9.36 Å². The smallest absolute Gasteiger partial charge is 0.263 e. The summed E-state index contributed by atoms with van der Waals surface area (Å²) in [6, 6.07) is 20.4. The summed E-state index contributed by atoms with van der Waals surface area (Å²) < 4.78 is 14.9. The first kappa shape index (κ1) is 16.8. The van der Waals surface area contributed by atoms with Crippen molar-refractivity contribution in [3.63, 3.8) is 0 Å². The van der Waals surface area contributed by atoms with Crippen molar-refractivity contribution in [3.05, 3.63) is 100 Å². The minimum absolute atomic E-state index is 0.0847. The Morgan fingerprint density at radius 2 is 1.75 bits per heavy atom. The second-order valence-electron chi connectivity index (χ2n) is 6.65. The lowest BCUT2D eigenvalue weighted by atomic mass is 10.0. The van der Waals surface area contributed by atoms with E-state index in [0.717, 1.165) is 27.5 Å². The van der Waals surface area contributed by atoms with Crippen LogP contribution in [0.25, 0.3) is 32.1 Å². The van der Waals surface area contributed by atoms with Crippen molar-refractivity contribution in [2.75, 3.05) is 0 Å². The van der Waals surface area contributed by atoms with Crippen LogP contribution in [0.15, 0.2) is 83.2 Å². The third-order valence-corrected chi connectivity index (χ3v) is 5.82. The van der Waals surface area contributed by atoms with Crippen LogP contribution in [0.5, 0.6) is 0 Å². The van der Waals surface area contributed by atoms with Gasteiger partial charge < -0.3 is 0 Å². The first-order valence-electron chi connectivity index (χ1n) is 8.90. The number of rotatable bonds is 3. The number of halogens is 1. The van der Waals surface area contributed by atoms with Gasteiger partial charge in [0, 0.05) is 10.9 Å². The maximum Gasteiger partial charge on any atom is 0.263 e. The Bertz CT molecular complexity index is 1360. The summed E-state index contributed by atoms with van der Waals surface area (Å²) in [7, 11) is 0. The van der Waals surface area contributed by atoms with Crippen molar-refractivity contribution in [2.24, 2.45) is 0 Å². The van der Waals surface area contributed by atoms with Crippen LogP contribution in [-0.2, 0) is 6.54 Å². The van der Waals surface area contributed by atoms with E-state index in [0.29, 0.717) is 16.8 Å². The Morgan fingerprint density at radius 1 is 0.964 bits per heavy atom. The fourth-order valence-corrected chi connectivity index (χ4v) is 4.44. The molecule has 2 aromatic heterocycles. The molecular weight excluding hydrogens is 371 g/mol. The van der Waals surface area contributed by atoms with Crippen LogP contribution in [0.2, 0.25) is 0 Å². The molecule has 0 bridgehead atoms. The number of benzene rings is 3. The minimum atomic E-state index is -0.297. The molecule has 5 heteroatoms. The van der Waals surface area contributed by atoms with Crippen LogP contribution in [0.3, 0.4) is 0 Å². The van der Waals surface area contributed by atoms with Gasteiger partial charge in [0.1, 0.15) is 10.6 Å². The molecule has 5 rings (SSSR count). The van der Waals surface area contributed by atoms with E-state index in [-0.39, 0.29) is 11.4 Å². The number of aromatic nitrogens is 2. The number of nitrogens with zero attached hydrogens (tertiary/aromatic N) is 2. The van der Waals surface area contributed by atoms with E-state index >= 15 is 0 Å². The normalized spacial score (nSPS) is 11.3. The highest BCUT2D eigenvalue weighted by Gasteiger charge is 2.14. The number of fused-ring (bicyclic) bond motifs is 2. The van der Waals surface area contributed by atoms with E-state index in [1.807, 2.05) is 29.6 Å². The zero-order valence-corrected chi connectivity index (χ0v) is 15.6. The van der Waals surface area contributed by atoms with Crippen molar-refractivity contribution in [3.8, 4) is 11.1 Å². The van der Waals surface area contributed by atoms with Gasteiger partial charge in [-0.15, -0.1) is 11.3 Å². The molecule has 28 heavy (non-hydrogen) atoms. The van der Waals surface area contributed by atoms with Gasteiger partial charge in [0.25, 0.3) is 5.56 Å². The van der Waals surface area contributed by atoms with Crippen LogP contribution in [0.1, 0.15) is 5.56 Å². The van der Waals surface area contributed by atoms with E-state index < -0.39 is 0 Å². The molecule has 0 spiro atoms. The molecule has 2 heterocycles. The van der Waals surface area contributed by atoms with Crippen molar-refractivity contribution < 1.29 is 4.39 Å². The van der Waals surface area contributed by atoms with Crippen LogP contribution < -0.4 is 5.56 Å². The summed E-state index contributed by atoms with van der Waals surface area (Å²) in [5.74, 6) is -0.297. The molecule has 0 aliphatic heterocycles. The molecule has 0 saturated carbocycles. The fraction of sp³-hybridized carbons (Fsp3) is 0.0435. The van der Waals surface area contributed by atoms with Gasteiger partial charge in [-0.25, -0.2) is 9.37 Å². The minimum Gasteiger partial charge on any atom is -0.294 e. The Morgan fingerprint density at radius 3 is 2.61 bits per heavy atom. The van der Waals surface area contributed by atoms with Gasteiger partial charge in [-0.1, -0.05) is 54.6 Å². The lowest BCUT2D eigenvalue weighted by Gasteiger charge is -2.09. The van der Waals surface area contributed by atoms with E-state index in [1.54, 1.807) is 23.0 Å². The molecular formula is C23H15FN2OS. The summed E-state index contributed by atoms with van der Waals surface area (Å²) in [5, 5.41) is 4.76. The molecule has 0 unspecified atom stereocenters. The maximum absolute atomic E-state index is 13.3. The van der Waals surface area contributed by atoms with Gasteiger partial charge >= 0.3 is 0 Å². The molecule has 136 valence electrons. The van der Waals surface area contributed by atoms with Crippen molar-refractivity contribution in [2.45, 2.75) is 6.54 Å². The van der Waals surface area contributed by atoms with Crippen molar-refractivity contribution in [1.82, 2.24) is 9.55 Å². The van der Waals surface area contributed by atoms with Crippen molar-refractivity contribution >= 4 is 32.3 Å². The Labute approximate surface area is 164 Å². The number of hydrogen-bond donors (Lipinski definition) is 0. The third kappa shape index (κ3) is 2.80. The van der Waals surface area contributed by atoms with Gasteiger partial charge in [0.05, 0.1) is 18.3 Å². The van der Waals surface area contributed by atoms with Gasteiger partial charge in [-0.05, 0) is 34.0 Å². The number of hydrogen-bond acceptors (Lipinski definition) is 3. The standard InChI is InChI=1S/C23H15FN2OS/c24-18-10-8-16(9-11-18)20-13-28-22-21(20)23(27)26(14-25-22)12-17-6-3-5-15-4-1-2-7-19(15)17/h1-11,13-14H,12H2. The number of thiophene rings is 1. The molecule has 5 aromatic rings. The topological polar surface area (TPSA) is 34.9 Å². The molecule has 3 aromatic carbocycles. The SMILES string of the molecule is O=c1c2c(-c3ccc(F)cc3)csc2ncn1Cc1cccc2ccccc12. The van der Waals surface area contributed by atoms with Gasteiger partial charge in [-0.2, -0.15) is 0 Å². The molecule has 0 saturated heterocycles. The average molecular weight is 386 g/mol. The van der Waals surface area contributed by atoms with E-state index in [9.17, 15) is 9.18 Å². The molecule has 0 radical (unpaired) electrons. The van der Waals surface area contributed by atoms with E-state index in [4.69, 9.17) is 0 Å². The highest BCUT2D eigenvalue weighted by molar-refractivity contribution is 7.17. The molecule has 0 N–H and O–H groups in total. The second kappa shape index (κ2) is 6.69. The second-order valence-corrected chi connectivity index (χ2v) is 7.51. The van der Waals surface area contributed by atoms with Crippen LogP contribution >= 0.6 is 11.3 Å². The van der Waals surface area contributed by atoms with Crippen LogP contribution in [0.4, 0.5) is 4.39 Å². The van der Waals surface area contributed by atoms with Crippen molar-refractivity contribution in [1.29, 1.82) is 0 Å². The molecule has 0 amide bonds. The first-order valence-corrected chi connectivity index (χ1v) is 9.78. The fourth-order valence-electron chi connectivity index (χ4n) is 3.54. The van der Waals surface area contributed by atoms with Crippen LogP contribution in [-0.4, -0.2) is 9.55 Å². The predicted molar refractivity (Wildman–Crippen MR) is 112 cm³/mol. The lowest BCUT2D eigenvalue weighted by molar-refractivity contribution is 0.628. The zero-order valence-electron chi connectivity index (χ0n) is 14.8. The molecule has 0 atom stereocenters. The zero-order chi connectivity index (χ0) is 19.1. The molecule has 0 aliphatic rings. The van der Waals surface area contributed by atoms with Gasteiger partial charge in [0.15, 0.2) is 0 Å². The highest BCUT2D eigenvalue weighted by atomic mass is 32.1. The summed E-state index contributed by atoms with van der Waals surface area (Å²) in [4.78, 5) is 18.4. The monoisotopic (exact) mass is 386 g/mol. The first-order chi connectivity index (χ1) is 13.7. The van der Waals surface area contributed by atoms with E-state index in [1.165, 1.54) is 23.5 Å². The molecule has 0 aliphatic carbocycles. The molecule has 3 nitrogen and oxygen atoms in total. The summed E-state index contributed by atoms with van der Waals surface area (Å²) in [6.45, 7) is 0.446. The van der Waals surface area contributed by atoms with Crippen LogP contribution in [0, 0.1) is 5.82 Å². The third-order valence-electron chi connectivity index (χ3n) is 4.94. The predicted octanol–water partition coefficient (Wildman–Crippen LogP) is 5.47. The summed E-state index contributed by atoms with van der Waals surface area (Å²) in [5.41, 5.74) is 2.60. The average Bonchev–Trinajstić information content (AvgIpc) is 3.16. The Hall–Kier alpha value is -3.31. The summed E-state index contributed by atoms with van der Waals surface area (Å²) in [6.07, 6.45) is 1.61. The lowest BCUT2D eigenvalue weighted by Crippen LogP contribution is -2.21. The maximum atomic E-state index is 13.3. The quantitative estimate of drug-likeness (QED) is 0.412. The van der Waals surface area contributed by atoms with E-state index in [2.05, 4.69) is 23.2 Å².